The summed E-state index contributed by atoms with van der Waals surface area (Å²) in [5.41, 5.74) is 0.890. The van der Waals surface area contributed by atoms with Gasteiger partial charge in [-0.3, -0.25) is 10.1 Å². The molecule has 10 heteroatoms. The van der Waals surface area contributed by atoms with Gasteiger partial charge in [0.05, 0.1) is 4.92 Å². The predicted octanol–water partition coefficient (Wildman–Crippen LogP) is 1.62. The van der Waals surface area contributed by atoms with Crippen molar-refractivity contribution in [2.24, 2.45) is 0 Å². The summed E-state index contributed by atoms with van der Waals surface area (Å²) in [7, 11) is 1.09. The highest BCUT2D eigenvalue weighted by atomic mass is 35.7. The Morgan fingerprint density at radius 2 is 2.11 bits per heavy atom. The van der Waals surface area contributed by atoms with Gasteiger partial charge in [-0.15, -0.1) is 0 Å². The Hall–Kier alpha value is -2.00. The van der Waals surface area contributed by atoms with Gasteiger partial charge >= 0.3 is 0 Å². The minimum absolute atomic E-state index is 0.0282. The van der Waals surface area contributed by atoms with Gasteiger partial charge < -0.3 is 0 Å². The Bertz CT molecular complexity index is 755. The van der Waals surface area contributed by atoms with Gasteiger partial charge in [-0.2, -0.15) is 10.1 Å². The van der Waals surface area contributed by atoms with Crippen molar-refractivity contribution in [3.63, 3.8) is 0 Å². The summed E-state index contributed by atoms with van der Waals surface area (Å²) in [6, 6.07) is 4.13. The predicted molar refractivity (Wildman–Crippen MR) is 66.2 cm³/mol. The molecular formula is C9H7ClN4O4S. The Kier molecular flexibility index (Phi) is 3.25. The third kappa shape index (κ3) is 2.71. The molecule has 0 aliphatic rings. The molecule has 1 heterocycles. The SMILES string of the molecule is Cc1ccc([N+](=O)[O-])cc1-c1n[nH]c(S(=O)(=O)Cl)n1. The van der Waals surface area contributed by atoms with E-state index in [-0.39, 0.29) is 11.5 Å². The molecule has 1 aromatic carbocycles. The van der Waals surface area contributed by atoms with Gasteiger partial charge in [0.2, 0.25) is 0 Å². The lowest BCUT2D eigenvalue weighted by atomic mass is 10.1. The largest absolute Gasteiger partial charge is 0.296 e. The van der Waals surface area contributed by atoms with Crippen molar-refractivity contribution >= 4 is 25.4 Å². The lowest BCUT2D eigenvalue weighted by molar-refractivity contribution is -0.384. The molecule has 0 radical (unpaired) electrons. The molecule has 0 fully saturated rings. The number of non-ortho nitro benzene ring substituents is 1. The van der Waals surface area contributed by atoms with E-state index < -0.39 is 19.1 Å². The van der Waals surface area contributed by atoms with Gasteiger partial charge in [0, 0.05) is 28.4 Å². The Labute approximate surface area is 112 Å². The number of benzene rings is 1. The Morgan fingerprint density at radius 1 is 1.42 bits per heavy atom. The van der Waals surface area contributed by atoms with Crippen LogP contribution in [0.2, 0.25) is 0 Å². The number of nitro groups is 1. The van der Waals surface area contributed by atoms with Crippen molar-refractivity contribution in [3.8, 4) is 11.4 Å². The molecule has 1 aromatic heterocycles. The van der Waals surface area contributed by atoms with Gasteiger partial charge in [-0.25, -0.2) is 13.5 Å². The fraction of sp³-hybridized carbons (Fsp3) is 0.111. The van der Waals surface area contributed by atoms with E-state index in [9.17, 15) is 18.5 Å². The second kappa shape index (κ2) is 4.59. The number of nitrogens with one attached hydrogen (secondary N) is 1. The van der Waals surface area contributed by atoms with Crippen molar-refractivity contribution in [3.05, 3.63) is 33.9 Å². The number of rotatable bonds is 3. The van der Waals surface area contributed by atoms with Gasteiger partial charge in [-0.05, 0) is 12.5 Å². The van der Waals surface area contributed by atoms with Crippen LogP contribution in [0.5, 0.6) is 0 Å². The molecule has 0 saturated carbocycles. The molecule has 2 rings (SSSR count). The van der Waals surface area contributed by atoms with Gasteiger partial charge in [0.1, 0.15) is 0 Å². The van der Waals surface area contributed by atoms with E-state index >= 15 is 0 Å². The number of nitrogens with zero attached hydrogens (tertiary/aromatic N) is 3. The van der Waals surface area contributed by atoms with Gasteiger partial charge in [0.15, 0.2) is 5.82 Å². The highest BCUT2D eigenvalue weighted by Gasteiger charge is 2.19. The first kappa shape index (κ1) is 13.4. The average Bonchev–Trinajstić information content (AvgIpc) is 2.78. The van der Waals surface area contributed by atoms with Crippen molar-refractivity contribution in [1.29, 1.82) is 0 Å². The third-order valence-electron chi connectivity index (χ3n) is 2.37. The number of hydrogen-bond donors (Lipinski definition) is 1. The van der Waals surface area contributed by atoms with Crippen LogP contribution in [-0.4, -0.2) is 28.5 Å². The van der Waals surface area contributed by atoms with Crippen molar-refractivity contribution in [2.75, 3.05) is 0 Å². The van der Waals surface area contributed by atoms with E-state index in [2.05, 4.69) is 15.2 Å². The molecule has 2 aromatic rings. The molecule has 19 heavy (non-hydrogen) atoms. The van der Waals surface area contributed by atoms with E-state index in [4.69, 9.17) is 10.7 Å². The Balaban J connectivity index is 2.56. The monoisotopic (exact) mass is 302 g/mol. The summed E-state index contributed by atoms with van der Waals surface area (Å²) in [4.78, 5) is 13.8. The molecular weight excluding hydrogens is 296 g/mol. The molecule has 1 N–H and O–H groups in total. The van der Waals surface area contributed by atoms with E-state index in [1.165, 1.54) is 18.2 Å². The van der Waals surface area contributed by atoms with Crippen LogP contribution in [0.1, 0.15) is 5.56 Å². The zero-order chi connectivity index (χ0) is 14.2. The number of halogens is 1. The normalized spacial score (nSPS) is 11.5. The maximum atomic E-state index is 11.1. The molecule has 0 bridgehead atoms. The first-order valence-electron chi connectivity index (χ1n) is 4.91. The molecule has 100 valence electrons. The maximum Gasteiger partial charge on any atom is 0.296 e. The van der Waals surface area contributed by atoms with Crippen LogP contribution in [-0.2, 0) is 9.05 Å². The third-order valence-corrected chi connectivity index (χ3v) is 3.45. The Morgan fingerprint density at radius 3 is 2.63 bits per heavy atom. The molecule has 8 nitrogen and oxygen atoms in total. The van der Waals surface area contributed by atoms with Gasteiger partial charge in [0.25, 0.3) is 19.9 Å². The highest BCUT2D eigenvalue weighted by molar-refractivity contribution is 8.13. The van der Waals surface area contributed by atoms with E-state index in [1.807, 2.05) is 0 Å². The number of aryl methyl sites for hydroxylation is 1. The summed E-state index contributed by atoms with van der Waals surface area (Å²) in [6.07, 6.45) is 0. The molecule has 0 spiro atoms. The standard InChI is InChI=1S/C9H7ClN4O4S/c1-5-2-3-6(14(15)16)4-7(5)8-11-9(13-12-8)19(10,17)18/h2-4H,1H3,(H,11,12,13). The minimum atomic E-state index is -4.02. The van der Waals surface area contributed by atoms with Crippen molar-refractivity contribution in [1.82, 2.24) is 15.2 Å². The molecule has 0 amide bonds. The van der Waals surface area contributed by atoms with Crippen LogP contribution in [0, 0.1) is 17.0 Å². The smallest absolute Gasteiger partial charge is 0.258 e. The first-order chi connectivity index (χ1) is 8.79. The molecule has 0 aliphatic carbocycles. The number of nitro benzene ring substituents is 1. The molecule has 0 aliphatic heterocycles. The van der Waals surface area contributed by atoms with E-state index in [1.54, 1.807) is 6.92 Å². The van der Waals surface area contributed by atoms with Gasteiger partial charge in [-0.1, -0.05) is 6.07 Å². The lowest BCUT2D eigenvalue weighted by Crippen LogP contribution is -1.94. The molecule has 0 saturated heterocycles. The topological polar surface area (TPSA) is 119 Å². The first-order valence-corrected chi connectivity index (χ1v) is 7.22. The minimum Gasteiger partial charge on any atom is -0.258 e. The highest BCUT2D eigenvalue weighted by Crippen LogP contribution is 2.25. The number of aromatic nitrogens is 3. The fourth-order valence-electron chi connectivity index (χ4n) is 1.44. The number of hydrogen-bond acceptors (Lipinski definition) is 6. The number of H-pyrrole nitrogens is 1. The van der Waals surface area contributed by atoms with Crippen LogP contribution >= 0.6 is 10.7 Å². The zero-order valence-corrected chi connectivity index (χ0v) is 11.1. The lowest BCUT2D eigenvalue weighted by Gasteiger charge is -2.00. The van der Waals surface area contributed by atoms with Crippen LogP contribution in [0.4, 0.5) is 5.69 Å². The van der Waals surface area contributed by atoms with Crippen molar-refractivity contribution < 1.29 is 13.3 Å². The fourth-order valence-corrected chi connectivity index (χ4v) is 2.00. The van der Waals surface area contributed by atoms with Crippen LogP contribution < -0.4 is 0 Å². The summed E-state index contributed by atoms with van der Waals surface area (Å²) in [6.45, 7) is 1.70. The number of aromatic amines is 1. The molecule has 0 unspecified atom stereocenters. The second-order valence-corrected chi connectivity index (χ2v) is 6.14. The summed E-state index contributed by atoms with van der Waals surface area (Å²) < 4.78 is 22.1. The summed E-state index contributed by atoms with van der Waals surface area (Å²) in [5.74, 6) is 0.0282. The van der Waals surface area contributed by atoms with Crippen LogP contribution in [0.25, 0.3) is 11.4 Å². The van der Waals surface area contributed by atoms with Crippen LogP contribution in [0.3, 0.4) is 0 Å². The summed E-state index contributed by atoms with van der Waals surface area (Å²) in [5, 5.41) is 16.1. The van der Waals surface area contributed by atoms with E-state index in [0.29, 0.717) is 11.1 Å². The molecule has 0 atom stereocenters. The average molecular weight is 303 g/mol. The maximum absolute atomic E-state index is 11.1. The zero-order valence-electron chi connectivity index (χ0n) is 9.49. The van der Waals surface area contributed by atoms with E-state index in [0.717, 1.165) is 0 Å². The quantitative estimate of drug-likeness (QED) is 0.522. The second-order valence-electron chi connectivity index (χ2n) is 3.66. The van der Waals surface area contributed by atoms with Crippen molar-refractivity contribution in [2.45, 2.75) is 12.1 Å². The summed E-state index contributed by atoms with van der Waals surface area (Å²) >= 11 is 0. The van der Waals surface area contributed by atoms with Crippen LogP contribution in [0.15, 0.2) is 23.4 Å².